The molecule has 3 rings (SSSR count). The number of rotatable bonds is 6. The van der Waals surface area contributed by atoms with E-state index in [4.69, 9.17) is 15.2 Å². The molecule has 26 heavy (non-hydrogen) atoms. The van der Waals surface area contributed by atoms with Crippen LogP contribution in [0.5, 0.6) is 0 Å². The van der Waals surface area contributed by atoms with E-state index in [1.54, 1.807) is 12.1 Å². The fourth-order valence-electron chi connectivity index (χ4n) is 2.87. The Kier molecular flexibility index (Phi) is 7.83. The van der Waals surface area contributed by atoms with Crippen LogP contribution in [0.3, 0.4) is 0 Å². The number of carbonyl (C=O) groups is 1. The minimum absolute atomic E-state index is 0. The minimum Gasteiger partial charge on any atom is -0.379 e. The zero-order valence-electron chi connectivity index (χ0n) is 14.3. The molecule has 0 unspecified atom stereocenters. The Balaban J connectivity index is 0.00000243. The first kappa shape index (κ1) is 21.5. The highest BCUT2D eigenvalue weighted by atomic mass is 35.5. The predicted molar refractivity (Wildman–Crippen MR) is 99.9 cm³/mol. The quantitative estimate of drug-likeness (QED) is 0.678. The van der Waals surface area contributed by atoms with Crippen molar-refractivity contribution in [2.45, 2.75) is 35.8 Å². The Morgan fingerprint density at radius 1 is 1.31 bits per heavy atom. The van der Waals surface area contributed by atoms with Crippen molar-refractivity contribution >= 4 is 39.7 Å². The van der Waals surface area contributed by atoms with Crippen molar-refractivity contribution < 1.29 is 22.7 Å². The normalized spacial score (nSPS) is 24.2. The maximum Gasteiger partial charge on any atom is 0.252 e. The van der Waals surface area contributed by atoms with Crippen LogP contribution in [0.2, 0.25) is 0 Å². The number of halogens is 1. The Morgan fingerprint density at radius 2 is 2.04 bits per heavy atom. The summed E-state index contributed by atoms with van der Waals surface area (Å²) in [5, 5.41) is 2.81. The van der Waals surface area contributed by atoms with Gasteiger partial charge in [-0.25, -0.2) is 8.42 Å². The van der Waals surface area contributed by atoms with Crippen LogP contribution in [0.1, 0.15) is 17.7 Å². The van der Waals surface area contributed by atoms with Crippen LogP contribution in [0, 0.1) is 0 Å². The molecule has 0 spiro atoms. The van der Waals surface area contributed by atoms with Crippen LogP contribution >= 0.6 is 23.7 Å². The van der Waals surface area contributed by atoms with Crippen molar-refractivity contribution in [1.82, 2.24) is 9.62 Å². The summed E-state index contributed by atoms with van der Waals surface area (Å²) in [7, 11) is -3.49. The van der Waals surface area contributed by atoms with Crippen LogP contribution in [-0.2, 0) is 30.8 Å². The van der Waals surface area contributed by atoms with Crippen molar-refractivity contribution in [3.05, 3.63) is 17.0 Å². The van der Waals surface area contributed by atoms with E-state index in [9.17, 15) is 13.2 Å². The number of thiophene rings is 1. The average molecular weight is 426 g/mol. The molecule has 1 aromatic heterocycles. The summed E-state index contributed by atoms with van der Waals surface area (Å²) in [5.41, 5.74) is 5.54. The molecule has 0 bridgehead atoms. The molecule has 2 fully saturated rings. The van der Waals surface area contributed by atoms with E-state index in [2.05, 4.69) is 5.32 Å². The van der Waals surface area contributed by atoms with E-state index in [-0.39, 0.29) is 31.0 Å². The molecule has 11 heteroatoms. The van der Waals surface area contributed by atoms with Gasteiger partial charge in [-0.1, -0.05) is 0 Å². The van der Waals surface area contributed by atoms with E-state index in [1.807, 2.05) is 0 Å². The first-order valence-corrected chi connectivity index (χ1v) is 10.6. The molecule has 0 aliphatic carbocycles. The number of carbonyl (C=O) groups excluding carboxylic acids is 1. The fourth-order valence-corrected chi connectivity index (χ4v) is 5.72. The van der Waals surface area contributed by atoms with Gasteiger partial charge < -0.3 is 20.5 Å². The maximum atomic E-state index is 12.6. The smallest absolute Gasteiger partial charge is 0.252 e. The molecule has 3 heterocycles. The SMILES string of the molecule is Cl.NC[C@H]1CC[C@@H](C(=O)NCc2ccc(S(=O)(=O)N3CCOCC3)s2)O1. The highest BCUT2D eigenvalue weighted by Crippen LogP contribution is 2.26. The van der Waals surface area contributed by atoms with Crippen molar-refractivity contribution in [2.24, 2.45) is 5.73 Å². The molecular formula is C15H24ClN3O5S2. The molecule has 8 nitrogen and oxygen atoms in total. The van der Waals surface area contributed by atoms with Gasteiger partial charge in [-0.15, -0.1) is 23.7 Å². The van der Waals surface area contributed by atoms with Gasteiger partial charge in [0, 0.05) is 24.5 Å². The van der Waals surface area contributed by atoms with Gasteiger partial charge in [-0.05, 0) is 25.0 Å². The van der Waals surface area contributed by atoms with Crippen molar-refractivity contribution in [3.63, 3.8) is 0 Å². The summed E-state index contributed by atoms with van der Waals surface area (Å²) < 4.78 is 37.6. The van der Waals surface area contributed by atoms with Crippen LogP contribution in [0.4, 0.5) is 0 Å². The van der Waals surface area contributed by atoms with Crippen molar-refractivity contribution in [3.8, 4) is 0 Å². The van der Waals surface area contributed by atoms with Gasteiger partial charge in [0.1, 0.15) is 10.3 Å². The molecular weight excluding hydrogens is 402 g/mol. The number of morpholine rings is 1. The average Bonchev–Trinajstić information content (AvgIpc) is 3.30. The summed E-state index contributed by atoms with van der Waals surface area (Å²) >= 11 is 1.18. The van der Waals surface area contributed by atoms with Gasteiger partial charge in [0.15, 0.2) is 0 Å². The first-order valence-electron chi connectivity index (χ1n) is 8.30. The first-order chi connectivity index (χ1) is 12.0. The molecule has 2 aliphatic rings. The minimum atomic E-state index is -3.49. The molecule has 148 valence electrons. The molecule has 0 aromatic carbocycles. The van der Waals surface area contributed by atoms with Crippen LogP contribution in [0.25, 0.3) is 0 Å². The zero-order valence-corrected chi connectivity index (χ0v) is 16.7. The van der Waals surface area contributed by atoms with Gasteiger partial charge in [0.05, 0.1) is 25.9 Å². The van der Waals surface area contributed by atoms with E-state index in [0.29, 0.717) is 43.5 Å². The predicted octanol–water partition coefficient (Wildman–Crippen LogP) is 0.313. The maximum absolute atomic E-state index is 12.6. The molecule has 3 N–H and O–H groups in total. The fraction of sp³-hybridized carbons (Fsp3) is 0.667. The van der Waals surface area contributed by atoms with Gasteiger partial charge in [0.2, 0.25) is 5.91 Å². The highest BCUT2D eigenvalue weighted by Gasteiger charge is 2.30. The van der Waals surface area contributed by atoms with E-state index < -0.39 is 16.1 Å². The Morgan fingerprint density at radius 3 is 2.69 bits per heavy atom. The van der Waals surface area contributed by atoms with Gasteiger partial charge in [-0.3, -0.25) is 4.79 Å². The summed E-state index contributed by atoms with van der Waals surface area (Å²) in [6, 6.07) is 3.32. The third-order valence-corrected chi connectivity index (χ3v) is 7.75. The highest BCUT2D eigenvalue weighted by molar-refractivity contribution is 7.91. The van der Waals surface area contributed by atoms with Crippen LogP contribution in [0.15, 0.2) is 16.3 Å². The molecule has 1 aromatic rings. The zero-order chi connectivity index (χ0) is 17.9. The summed E-state index contributed by atoms with van der Waals surface area (Å²) in [6.07, 6.45) is 0.928. The largest absolute Gasteiger partial charge is 0.379 e. The van der Waals surface area contributed by atoms with Crippen LogP contribution in [-0.4, -0.2) is 63.7 Å². The second-order valence-corrected chi connectivity index (χ2v) is 9.35. The second-order valence-electron chi connectivity index (χ2n) is 6.01. The number of amides is 1. The lowest BCUT2D eigenvalue weighted by Crippen LogP contribution is -2.40. The second kappa shape index (κ2) is 9.45. The standard InChI is InChI=1S/C15H23N3O5S2.ClH/c16-9-11-1-3-13(23-11)15(19)17-10-12-2-4-14(24-12)25(20,21)18-5-7-22-8-6-18;/h2,4,11,13H,1,3,5-10,16H2,(H,17,19);1H/t11-,13+;/m1./s1. The molecule has 2 saturated heterocycles. The summed E-state index contributed by atoms with van der Waals surface area (Å²) in [6.45, 7) is 2.27. The number of nitrogens with one attached hydrogen (secondary N) is 1. The van der Waals surface area contributed by atoms with Crippen molar-refractivity contribution in [1.29, 1.82) is 0 Å². The van der Waals surface area contributed by atoms with Crippen molar-refractivity contribution in [2.75, 3.05) is 32.8 Å². The number of sulfonamides is 1. The Bertz CT molecular complexity index is 706. The number of hydrogen-bond acceptors (Lipinski definition) is 7. The monoisotopic (exact) mass is 425 g/mol. The van der Waals surface area contributed by atoms with Gasteiger partial charge in [-0.2, -0.15) is 4.31 Å². The number of nitrogens with two attached hydrogens (primary N) is 1. The van der Waals surface area contributed by atoms with Gasteiger partial charge in [0.25, 0.3) is 10.0 Å². The lowest BCUT2D eigenvalue weighted by Gasteiger charge is -2.25. The van der Waals surface area contributed by atoms with Gasteiger partial charge >= 0.3 is 0 Å². The van der Waals surface area contributed by atoms with E-state index in [1.165, 1.54) is 15.6 Å². The third kappa shape index (κ3) is 4.94. The summed E-state index contributed by atoms with van der Waals surface area (Å²) in [4.78, 5) is 12.9. The molecule has 0 radical (unpaired) electrons. The number of ether oxygens (including phenoxy) is 2. The lowest BCUT2D eigenvalue weighted by atomic mass is 10.2. The summed E-state index contributed by atoms with van der Waals surface area (Å²) in [5.74, 6) is -0.179. The number of hydrogen-bond donors (Lipinski definition) is 2. The van der Waals surface area contributed by atoms with E-state index in [0.717, 1.165) is 11.3 Å². The molecule has 0 saturated carbocycles. The third-order valence-electron chi connectivity index (χ3n) is 4.30. The molecule has 1 amide bonds. The Hall–Kier alpha value is -0.750. The van der Waals surface area contributed by atoms with Crippen LogP contribution < -0.4 is 11.1 Å². The molecule has 2 atom stereocenters. The van der Waals surface area contributed by atoms with E-state index >= 15 is 0 Å². The molecule has 2 aliphatic heterocycles. The lowest BCUT2D eigenvalue weighted by molar-refractivity contribution is -0.132. The topological polar surface area (TPSA) is 111 Å². The Labute approximate surface area is 163 Å². The number of nitrogens with zero attached hydrogens (tertiary/aromatic N) is 1.